The highest BCUT2D eigenvalue weighted by Crippen LogP contribution is 2.41. The minimum Gasteiger partial charge on any atom is -0.469 e. The Morgan fingerprint density at radius 3 is 1.69 bits per heavy atom. The fraction of sp³-hybridized carbons (Fsp3) is 0.880. The van der Waals surface area contributed by atoms with Gasteiger partial charge in [0.2, 0.25) is 0 Å². The number of methoxy groups -OCH3 is 1. The third-order valence-corrected chi connectivity index (χ3v) is 6.20. The molecule has 0 aliphatic rings. The molecule has 0 amide bonds. The van der Waals surface area contributed by atoms with E-state index >= 15 is 0 Å². The maximum Gasteiger partial charge on any atom is 0.312 e. The topological polar surface area (TPSA) is 82.1 Å². The number of ether oxygens (including phenoxy) is 3. The van der Waals surface area contributed by atoms with Crippen molar-refractivity contribution < 1.29 is 28.6 Å². The molecule has 0 fully saturated rings. The quantitative estimate of drug-likeness (QED) is 0.295. The molecule has 0 aliphatic heterocycles. The first kappa shape index (κ1) is 30.4. The summed E-state index contributed by atoms with van der Waals surface area (Å²) in [5, 5.41) is 0. The summed E-state index contributed by atoms with van der Waals surface area (Å²) in [7, 11) is 5.22. The molecule has 0 spiro atoms. The van der Waals surface area contributed by atoms with Crippen molar-refractivity contribution in [2.45, 2.75) is 93.1 Å². The molecule has 0 heterocycles. The maximum atomic E-state index is 12.8. The molecular weight excluding hydrogens is 410 g/mol. The highest BCUT2D eigenvalue weighted by Gasteiger charge is 2.42. The summed E-state index contributed by atoms with van der Waals surface area (Å²) in [6.45, 7) is 15.8. The molecule has 0 aliphatic carbocycles. The van der Waals surface area contributed by atoms with Crippen LogP contribution in [0.2, 0.25) is 0 Å². The van der Waals surface area contributed by atoms with E-state index in [0.29, 0.717) is 45.3 Å². The second-order valence-corrected chi connectivity index (χ2v) is 11.3. The van der Waals surface area contributed by atoms with Crippen LogP contribution in [-0.2, 0) is 28.6 Å². The molecule has 0 bridgehead atoms. The largest absolute Gasteiger partial charge is 0.469 e. The summed E-state index contributed by atoms with van der Waals surface area (Å²) in [5.41, 5.74) is -2.84. The summed E-state index contributed by atoms with van der Waals surface area (Å²) in [4.78, 5) is 40.1. The van der Waals surface area contributed by atoms with Crippen LogP contribution in [0.25, 0.3) is 0 Å². The fourth-order valence-corrected chi connectivity index (χ4v) is 3.15. The summed E-state index contributed by atoms with van der Waals surface area (Å²) in [6.07, 6.45) is 2.46. The average Bonchev–Trinajstić information content (AvgIpc) is 2.68. The second kappa shape index (κ2) is 12.0. The minimum atomic E-state index is -0.825. The molecule has 0 rings (SSSR count). The molecule has 7 heteroatoms. The van der Waals surface area contributed by atoms with Crippen molar-refractivity contribution in [3.8, 4) is 0 Å². The van der Waals surface area contributed by atoms with Crippen LogP contribution in [0.3, 0.4) is 0 Å². The molecule has 32 heavy (non-hydrogen) atoms. The van der Waals surface area contributed by atoms with E-state index in [1.54, 1.807) is 0 Å². The zero-order chi connectivity index (χ0) is 25.4. The summed E-state index contributed by atoms with van der Waals surface area (Å²) in [5.74, 6) is -0.875. The minimum absolute atomic E-state index is 0.247. The van der Waals surface area contributed by atoms with E-state index < -0.39 is 21.8 Å². The lowest BCUT2D eigenvalue weighted by atomic mass is 9.71. The number of esters is 3. The molecule has 7 nitrogen and oxygen atoms in total. The predicted octanol–water partition coefficient (Wildman–Crippen LogP) is 4.62. The lowest BCUT2D eigenvalue weighted by molar-refractivity contribution is -0.167. The van der Waals surface area contributed by atoms with Crippen molar-refractivity contribution >= 4 is 17.9 Å². The molecule has 0 N–H and O–H groups in total. The van der Waals surface area contributed by atoms with Crippen molar-refractivity contribution in [2.75, 3.05) is 34.4 Å². The first-order chi connectivity index (χ1) is 14.4. The number of hydrogen-bond donors (Lipinski definition) is 0. The van der Waals surface area contributed by atoms with Crippen molar-refractivity contribution in [1.82, 2.24) is 4.90 Å². The van der Waals surface area contributed by atoms with E-state index in [9.17, 15) is 14.4 Å². The molecule has 0 radical (unpaired) electrons. The molecule has 188 valence electrons. The lowest BCUT2D eigenvalue weighted by Crippen LogP contribution is -2.38. The molecule has 0 aromatic carbocycles. The zero-order valence-corrected chi connectivity index (χ0v) is 22.3. The highest BCUT2D eigenvalue weighted by atomic mass is 16.6. The lowest BCUT2D eigenvalue weighted by Gasteiger charge is -2.35. The SMILES string of the molecule is CCC(C)(CCC(C)(CCC(C)(C)C(=O)OC(C)(C)C)C(=O)OC)C(=O)OCCN(C)C. The smallest absolute Gasteiger partial charge is 0.312 e. The normalized spacial score (nSPS) is 16.1. The maximum absolute atomic E-state index is 12.8. The first-order valence-corrected chi connectivity index (χ1v) is 11.6. The number of hydrogen-bond acceptors (Lipinski definition) is 7. The van der Waals surface area contributed by atoms with Gasteiger partial charge in [0.25, 0.3) is 0 Å². The Morgan fingerprint density at radius 2 is 1.25 bits per heavy atom. The third-order valence-electron chi connectivity index (χ3n) is 6.20. The molecule has 2 atom stereocenters. The summed E-state index contributed by atoms with van der Waals surface area (Å²) >= 11 is 0. The van der Waals surface area contributed by atoms with Crippen molar-refractivity contribution in [3.63, 3.8) is 0 Å². The van der Waals surface area contributed by atoms with Gasteiger partial charge in [-0.2, -0.15) is 0 Å². The van der Waals surface area contributed by atoms with Crippen molar-refractivity contribution in [2.24, 2.45) is 16.2 Å². The standard InChI is InChI=1S/C25H47NO6/c1-12-24(7,21(29)31-18-17-26(9)10)15-16-25(8,20(28)30-11)14-13-23(5,6)19(27)32-22(2,3)4/h12-18H2,1-11H3. The van der Waals surface area contributed by atoms with Crippen LogP contribution in [0, 0.1) is 16.2 Å². The Morgan fingerprint density at radius 1 is 0.750 bits per heavy atom. The molecule has 0 saturated heterocycles. The van der Waals surface area contributed by atoms with Crippen molar-refractivity contribution in [1.29, 1.82) is 0 Å². The van der Waals surface area contributed by atoms with E-state index in [1.165, 1.54) is 7.11 Å². The zero-order valence-electron chi connectivity index (χ0n) is 22.3. The van der Waals surface area contributed by atoms with Gasteiger partial charge in [-0.15, -0.1) is 0 Å². The number of likely N-dealkylation sites (N-methyl/N-ethyl adjacent to an activating group) is 1. The number of carbonyl (C=O) groups is 3. The first-order valence-electron chi connectivity index (χ1n) is 11.6. The van der Waals surface area contributed by atoms with Crippen LogP contribution < -0.4 is 0 Å². The van der Waals surface area contributed by atoms with Gasteiger partial charge < -0.3 is 19.1 Å². The van der Waals surface area contributed by atoms with Crippen LogP contribution in [0.4, 0.5) is 0 Å². The number of rotatable bonds is 13. The van der Waals surface area contributed by atoms with E-state index in [1.807, 2.05) is 74.4 Å². The van der Waals surface area contributed by atoms with E-state index in [-0.39, 0.29) is 17.9 Å². The van der Waals surface area contributed by atoms with Gasteiger partial charge in [-0.05, 0) is 94.7 Å². The van der Waals surface area contributed by atoms with Gasteiger partial charge in [-0.3, -0.25) is 14.4 Å². The van der Waals surface area contributed by atoms with Crippen molar-refractivity contribution in [3.05, 3.63) is 0 Å². The van der Waals surface area contributed by atoms with Gasteiger partial charge in [0, 0.05) is 6.54 Å². The van der Waals surface area contributed by atoms with Gasteiger partial charge in [-0.1, -0.05) is 6.92 Å². The Bertz CT molecular complexity index is 637. The Hall–Kier alpha value is -1.63. The molecule has 0 saturated carbocycles. The molecular formula is C25H47NO6. The molecule has 0 aromatic heterocycles. The van der Waals surface area contributed by atoms with Crippen LogP contribution in [0.15, 0.2) is 0 Å². The fourth-order valence-electron chi connectivity index (χ4n) is 3.15. The monoisotopic (exact) mass is 457 g/mol. The second-order valence-electron chi connectivity index (χ2n) is 11.3. The van der Waals surface area contributed by atoms with Gasteiger partial charge in [0.15, 0.2) is 0 Å². The van der Waals surface area contributed by atoms with E-state index in [4.69, 9.17) is 14.2 Å². The summed E-state index contributed by atoms with van der Waals surface area (Å²) < 4.78 is 16.1. The number of nitrogens with zero attached hydrogens (tertiary/aromatic N) is 1. The van der Waals surface area contributed by atoms with Crippen LogP contribution >= 0.6 is 0 Å². The van der Waals surface area contributed by atoms with E-state index in [2.05, 4.69) is 0 Å². The van der Waals surface area contributed by atoms with Crippen LogP contribution in [-0.4, -0.2) is 62.8 Å². The molecule has 2 unspecified atom stereocenters. The van der Waals surface area contributed by atoms with Gasteiger partial charge in [0.1, 0.15) is 12.2 Å². The summed E-state index contributed by atoms with van der Waals surface area (Å²) in [6, 6.07) is 0. The third kappa shape index (κ3) is 9.88. The van der Waals surface area contributed by atoms with Crippen LogP contribution in [0.5, 0.6) is 0 Å². The van der Waals surface area contributed by atoms with Gasteiger partial charge >= 0.3 is 17.9 Å². The van der Waals surface area contributed by atoms with E-state index in [0.717, 1.165) is 0 Å². The highest BCUT2D eigenvalue weighted by molar-refractivity contribution is 5.79. The van der Waals surface area contributed by atoms with Crippen LogP contribution in [0.1, 0.15) is 87.5 Å². The predicted molar refractivity (Wildman–Crippen MR) is 126 cm³/mol. The Balaban J connectivity index is 5.32. The van der Waals surface area contributed by atoms with Gasteiger partial charge in [0.05, 0.1) is 23.4 Å². The molecule has 0 aromatic rings. The average molecular weight is 458 g/mol. The number of carbonyl (C=O) groups excluding carboxylic acids is 3. The Kier molecular flexibility index (Phi) is 11.4. The Labute approximate surface area is 195 Å². The van der Waals surface area contributed by atoms with Gasteiger partial charge in [-0.25, -0.2) is 0 Å².